The van der Waals surface area contributed by atoms with Crippen LogP contribution in [0.2, 0.25) is 0 Å². The zero-order chi connectivity index (χ0) is 24.1. The number of piperidine rings is 1. The van der Waals surface area contributed by atoms with Gasteiger partial charge in [0.05, 0.1) is 5.56 Å². The summed E-state index contributed by atoms with van der Waals surface area (Å²) in [6.45, 7) is 7.62. The van der Waals surface area contributed by atoms with Gasteiger partial charge in [-0.25, -0.2) is 4.79 Å². The van der Waals surface area contributed by atoms with Gasteiger partial charge in [-0.05, 0) is 49.6 Å². The van der Waals surface area contributed by atoms with Crippen molar-refractivity contribution in [3.63, 3.8) is 0 Å². The first kappa shape index (κ1) is 24.0. The summed E-state index contributed by atoms with van der Waals surface area (Å²) in [7, 11) is 1.84. The number of nitrogens with two attached hydrogens (primary N) is 1. The molecule has 0 aromatic heterocycles. The molecular formula is C26H36N6O2. The second-order valence-electron chi connectivity index (χ2n) is 9.41. The van der Waals surface area contributed by atoms with Gasteiger partial charge in [0.2, 0.25) is 0 Å². The number of nitrogens with one attached hydrogen (secondary N) is 2. The summed E-state index contributed by atoms with van der Waals surface area (Å²) >= 11 is 0. The number of urea groups is 1. The summed E-state index contributed by atoms with van der Waals surface area (Å²) in [6, 6.07) is 16.3. The Morgan fingerprint density at radius 2 is 1.79 bits per heavy atom. The fourth-order valence-electron chi connectivity index (χ4n) is 4.82. The number of rotatable bonds is 6. The lowest BCUT2D eigenvalue weighted by atomic mass is 10.0. The molecule has 0 saturated carbocycles. The van der Waals surface area contributed by atoms with Crippen molar-refractivity contribution < 1.29 is 9.59 Å². The number of anilines is 2. The van der Waals surface area contributed by atoms with Gasteiger partial charge in [0.15, 0.2) is 0 Å². The molecule has 4 rings (SSSR count). The maximum atomic E-state index is 13.1. The molecule has 2 aliphatic rings. The van der Waals surface area contributed by atoms with Crippen molar-refractivity contribution in [3.05, 3.63) is 59.7 Å². The van der Waals surface area contributed by atoms with Crippen LogP contribution in [0.5, 0.6) is 0 Å². The van der Waals surface area contributed by atoms with Crippen molar-refractivity contribution in [2.45, 2.75) is 38.4 Å². The molecular weight excluding hydrogens is 428 g/mol. The molecule has 0 unspecified atom stereocenters. The first-order chi connectivity index (χ1) is 16.4. The van der Waals surface area contributed by atoms with Crippen molar-refractivity contribution in [2.75, 3.05) is 50.0 Å². The molecule has 8 heteroatoms. The predicted octanol–water partition coefficient (Wildman–Crippen LogP) is 2.71. The molecule has 2 aromatic carbocycles. The highest BCUT2D eigenvalue weighted by Crippen LogP contribution is 2.22. The van der Waals surface area contributed by atoms with Gasteiger partial charge >= 0.3 is 6.03 Å². The van der Waals surface area contributed by atoms with E-state index in [2.05, 4.69) is 34.6 Å². The average molecular weight is 465 g/mol. The Hall–Kier alpha value is -3.10. The van der Waals surface area contributed by atoms with E-state index in [-0.39, 0.29) is 12.1 Å². The number of amides is 3. The first-order valence-corrected chi connectivity index (χ1v) is 12.1. The quantitative estimate of drug-likeness (QED) is 0.611. The highest BCUT2D eigenvalue weighted by atomic mass is 16.2. The van der Waals surface area contributed by atoms with Crippen LogP contribution in [0.4, 0.5) is 16.2 Å². The molecule has 0 bridgehead atoms. The Balaban J connectivity index is 1.28. The van der Waals surface area contributed by atoms with Gasteiger partial charge in [-0.3, -0.25) is 14.6 Å². The summed E-state index contributed by atoms with van der Waals surface area (Å²) in [5.74, 6) is -0.439. The van der Waals surface area contributed by atoms with E-state index in [1.807, 2.05) is 36.2 Å². The van der Waals surface area contributed by atoms with Crippen molar-refractivity contribution >= 4 is 23.3 Å². The minimum atomic E-state index is -0.439. The van der Waals surface area contributed by atoms with Gasteiger partial charge in [-0.15, -0.1) is 0 Å². The highest BCUT2D eigenvalue weighted by Gasteiger charge is 2.26. The molecule has 2 heterocycles. The van der Waals surface area contributed by atoms with E-state index >= 15 is 0 Å². The minimum absolute atomic E-state index is 0.0136. The maximum Gasteiger partial charge on any atom is 0.324 e. The van der Waals surface area contributed by atoms with E-state index < -0.39 is 5.91 Å². The number of likely N-dealkylation sites (tertiary alicyclic amines) is 1. The molecule has 4 N–H and O–H groups in total. The van der Waals surface area contributed by atoms with Gasteiger partial charge in [0.1, 0.15) is 0 Å². The van der Waals surface area contributed by atoms with Crippen LogP contribution in [0.15, 0.2) is 48.5 Å². The summed E-state index contributed by atoms with van der Waals surface area (Å²) in [5, 5.41) is 6.91. The lowest BCUT2D eigenvalue weighted by Crippen LogP contribution is -2.48. The van der Waals surface area contributed by atoms with Gasteiger partial charge in [0.25, 0.3) is 5.91 Å². The molecule has 3 amide bonds. The van der Waals surface area contributed by atoms with Crippen molar-refractivity contribution in [3.8, 4) is 0 Å². The standard InChI is InChI=1S/C26H36N6O2/c1-19-17-31(16-13-28-19)18-20-7-9-22(10-8-20)30(2)26(34)32-14-11-21(12-15-32)29-24-6-4-3-5-23(24)25(27)33/h3-10,19,21,28-29H,11-18H2,1-2H3,(H2,27,33)/t19-/m0/s1. The Bertz CT molecular complexity index is 987. The number of primary amides is 1. The smallest absolute Gasteiger partial charge is 0.324 e. The Labute approximate surface area is 202 Å². The van der Waals surface area contributed by atoms with Gasteiger partial charge in [-0.2, -0.15) is 0 Å². The third kappa shape index (κ3) is 5.87. The van der Waals surface area contributed by atoms with Crippen LogP contribution in [0.3, 0.4) is 0 Å². The monoisotopic (exact) mass is 464 g/mol. The Kier molecular flexibility index (Phi) is 7.70. The third-order valence-corrected chi connectivity index (χ3v) is 6.79. The Morgan fingerprint density at radius 1 is 1.09 bits per heavy atom. The number of hydrogen-bond acceptors (Lipinski definition) is 5. The van der Waals surface area contributed by atoms with E-state index in [0.29, 0.717) is 24.7 Å². The normalized spacial score (nSPS) is 19.6. The molecule has 2 aliphatic heterocycles. The fraction of sp³-hybridized carbons (Fsp3) is 0.462. The number of piperazine rings is 1. The molecule has 0 aliphatic carbocycles. The van der Waals surface area contributed by atoms with Gasteiger partial charge in [0, 0.05) is 69.8 Å². The van der Waals surface area contributed by atoms with Crippen LogP contribution >= 0.6 is 0 Å². The van der Waals surface area contributed by atoms with Crippen LogP contribution in [0.1, 0.15) is 35.7 Å². The number of hydrogen-bond donors (Lipinski definition) is 3. The van der Waals surface area contributed by atoms with E-state index in [1.54, 1.807) is 17.0 Å². The fourth-order valence-corrected chi connectivity index (χ4v) is 4.82. The Morgan fingerprint density at radius 3 is 2.47 bits per heavy atom. The summed E-state index contributed by atoms with van der Waals surface area (Å²) in [6.07, 6.45) is 1.63. The van der Waals surface area contributed by atoms with Gasteiger partial charge in [-0.1, -0.05) is 24.3 Å². The lowest BCUT2D eigenvalue weighted by molar-refractivity contribution is 0.100. The lowest BCUT2D eigenvalue weighted by Gasteiger charge is -2.35. The summed E-state index contributed by atoms with van der Waals surface area (Å²) in [4.78, 5) is 30.9. The first-order valence-electron chi connectivity index (χ1n) is 12.1. The second-order valence-corrected chi connectivity index (χ2v) is 9.41. The van der Waals surface area contributed by atoms with Crippen LogP contribution in [0, 0.1) is 0 Å². The van der Waals surface area contributed by atoms with E-state index in [4.69, 9.17) is 5.73 Å². The van der Waals surface area contributed by atoms with Crippen molar-refractivity contribution in [1.29, 1.82) is 0 Å². The largest absolute Gasteiger partial charge is 0.382 e. The molecule has 182 valence electrons. The summed E-state index contributed by atoms with van der Waals surface area (Å²) < 4.78 is 0. The van der Waals surface area contributed by atoms with Crippen LogP contribution in [-0.2, 0) is 6.54 Å². The second kappa shape index (κ2) is 10.9. The minimum Gasteiger partial charge on any atom is -0.382 e. The topological polar surface area (TPSA) is 93.9 Å². The third-order valence-electron chi connectivity index (χ3n) is 6.79. The maximum absolute atomic E-state index is 13.1. The SMILES string of the molecule is C[C@H]1CN(Cc2ccc(N(C)C(=O)N3CCC(Nc4ccccc4C(N)=O)CC3)cc2)CCN1. The van der Waals surface area contributed by atoms with Crippen molar-refractivity contribution in [1.82, 2.24) is 15.1 Å². The predicted molar refractivity (Wildman–Crippen MR) is 136 cm³/mol. The molecule has 2 aromatic rings. The van der Waals surface area contributed by atoms with Crippen LogP contribution in [-0.4, -0.2) is 73.6 Å². The molecule has 1 atom stereocenters. The number of nitrogens with zero attached hydrogens (tertiary/aromatic N) is 3. The van der Waals surface area contributed by atoms with Crippen LogP contribution in [0.25, 0.3) is 0 Å². The molecule has 2 fully saturated rings. The zero-order valence-electron chi connectivity index (χ0n) is 20.2. The number of carbonyl (C=O) groups excluding carboxylic acids is 2. The molecule has 0 radical (unpaired) electrons. The number of benzene rings is 2. The van der Waals surface area contributed by atoms with E-state index in [1.165, 1.54) is 5.56 Å². The highest BCUT2D eigenvalue weighted by molar-refractivity contribution is 5.98. The molecule has 2 saturated heterocycles. The summed E-state index contributed by atoms with van der Waals surface area (Å²) in [5.41, 5.74) is 8.91. The number of carbonyl (C=O) groups is 2. The molecule has 34 heavy (non-hydrogen) atoms. The zero-order valence-corrected chi connectivity index (χ0v) is 20.2. The molecule has 8 nitrogen and oxygen atoms in total. The van der Waals surface area contributed by atoms with E-state index in [0.717, 1.165) is 50.4 Å². The van der Waals surface area contributed by atoms with E-state index in [9.17, 15) is 9.59 Å². The average Bonchev–Trinajstić information content (AvgIpc) is 2.84. The van der Waals surface area contributed by atoms with Crippen LogP contribution < -0.4 is 21.3 Å². The van der Waals surface area contributed by atoms with Crippen molar-refractivity contribution in [2.24, 2.45) is 5.73 Å². The number of para-hydroxylation sites is 1. The van der Waals surface area contributed by atoms with Gasteiger partial charge < -0.3 is 21.3 Å². The molecule has 0 spiro atoms.